The fourth-order valence-electron chi connectivity index (χ4n) is 3.27. The van der Waals surface area contributed by atoms with Crippen LogP contribution in [0.2, 0.25) is 0 Å². The standard InChI is InChI=1S/C23H20FN5O3/c1-13-8-9-18(19-20(13)32-29-21(19)25)22(30)27-16-6-2-4-14(10-16)12-26-23(31)28-17-7-3-5-15(24)11-17/h2-11H,12H2,1H3,(H2,25,29)(H,27,30)(H2,26,28,31). The van der Waals surface area contributed by atoms with E-state index < -0.39 is 11.8 Å². The smallest absolute Gasteiger partial charge is 0.319 e. The Kier molecular flexibility index (Phi) is 5.71. The number of carbonyl (C=O) groups excluding carboxylic acids is 2. The highest BCUT2D eigenvalue weighted by molar-refractivity contribution is 6.15. The van der Waals surface area contributed by atoms with Crippen molar-refractivity contribution < 1.29 is 18.5 Å². The van der Waals surface area contributed by atoms with Crippen LogP contribution in [-0.4, -0.2) is 17.1 Å². The minimum absolute atomic E-state index is 0.149. The second-order valence-electron chi connectivity index (χ2n) is 7.17. The highest BCUT2D eigenvalue weighted by Crippen LogP contribution is 2.28. The number of nitrogen functional groups attached to an aromatic ring is 1. The lowest BCUT2D eigenvalue weighted by Crippen LogP contribution is -2.28. The molecule has 8 nitrogen and oxygen atoms in total. The van der Waals surface area contributed by atoms with Gasteiger partial charge in [0.1, 0.15) is 5.82 Å². The third-order valence-corrected chi connectivity index (χ3v) is 4.81. The largest absolute Gasteiger partial charge is 0.380 e. The third-order valence-electron chi connectivity index (χ3n) is 4.81. The second-order valence-corrected chi connectivity index (χ2v) is 7.17. The van der Waals surface area contributed by atoms with Gasteiger partial charge in [-0.3, -0.25) is 4.79 Å². The summed E-state index contributed by atoms with van der Waals surface area (Å²) in [5, 5.41) is 12.3. The summed E-state index contributed by atoms with van der Waals surface area (Å²) >= 11 is 0. The van der Waals surface area contributed by atoms with Gasteiger partial charge in [0.2, 0.25) is 0 Å². The van der Waals surface area contributed by atoms with Crippen molar-refractivity contribution in [2.45, 2.75) is 13.5 Å². The number of anilines is 3. The van der Waals surface area contributed by atoms with Crippen LogP contribution < -0.4 is 21.7 Å². The number of aromatic nitrogens is 1. The molecule has 162 valence electrons. The predicted molar refractivity (Wildman–Crippen MR) is 120 cm³/mol. The Morgan fingerprint density at radius 3 is 2.56 bits per heavy atom. The summed E-state index contributed by atoms with van der Waals surface area (Å²) in [6.45, 7) is 2.05. The molecule has 3 aromatic carbocycles. The number of fused-ring (bicyclic) bond motifs is 1. The van der Waals surface area contributed by atoms with E-state index in [1.165, 1.54) is 18.2 Å². The summed E-state index contributed by atoms with van der Waals surface area (Å²) in [5.41, 5.74) is 9.18. The third kappa shape index (κ3) is 4.51. The van der Waals surface area contributed by atoms with Gasteiger partial charge in [-0.2, -0.15) is 0 Å². The number of rotatable bonds is 5. The molecular weight excluding hydrogens is 413 g/mol. The molecule has 9 heteroatoms. The zero-order valence-corrected chi connectivity index (χ0v) is 17.1. The van der Waals surface area contributed by atoms with Gasteiger partial charge in [0.15, 0.2) is 11.4 Å². The molecule has 4 aromatic rings. The molecule has 4 rings (SSSR count). The van der Waals surface area contributed by atoms with Gasteiger partial charge in [-0.1, -0.05) is 29.4 Å². The zero-order valence-electron chi connectivity index (χ0n) is 17.1. The van der Waals surface area contributed by atoms with Crippen LogP contribution in [0.5, 0.6) is 0 Å². The van der Waals surface area contributed by atoms with Gasteiger partial charge in [0.25, 0.3) is 5.91 Å². The van der Waals surface area contributed by atoms with E-state index in [-0.39, 0.29) is 18.3 Å². The lowest BCUT2D eigenvalue weighted by atomic mass is 10.1. The Labute approximate surface area is 182 Å². The number of halogens is 1. The fourth-order valence-corrected chi connectivity index (χ4v) is 3.27. The molecule has 3 amide bonds. The molecule has 0 bridgehead atoms. The molecule has 32 heavy (non-hydrogen) atoms. The van der Waals surface area contributed by atoms with E-state index in [0.29, 0.717) is 27.9 Å². The molecule has 0 atom stereocenters. The van der Waals surface area contributed by atoms with E-state index in [0.717, 1.165) is 11.1 Å². The molecule has 1 aromatic heterocycles. The Balaban J connectivity index is 1.42. The Morgan fingerprint density at radius 2 is 1.78 bits per heavy atom. The lowest BCUT2D eigenvalue weighted by molar-refractivity contribution is 0.102. The number of hydrogen-bond donors (Lipinski definition) is 4. The molecule has 0 saturated heterocycles. The Hall–Kier alpha value is -4.40. The maximum absolute atomic E-state index is 13.2. The first-order chi connectivity index (χ1) is 15.4. The van der Waals surface area contributed by atoms with Gasteiger partial charge in [-0.15, -0.1) is 0 Å². The molecule has 0 aliphatic heterocycles. The monoisotopic (exact) mass is 433 g/mol. The molecular formula is C23H20FN5O3. The van der Waals surface area contributed by atoms with E-state index in [1.807, 2.05) is 6.92 Å². The van der Waals surface area contributed by atoms with Crippen LogP contribution in [0.4, 0.5) is 26.4 Å². The number of nitrogens with zero attached hydrogens (tertiary/aromatic N) is 1. The van der Waals surface area contributed by atoms with Gasteiger partial charge >= 0.3 is 6.03 Å². The SMILES string of the molecule is Cc1ccc(C(=O)Nc2cccc(CNC(=O)Nc3cccc(F)c3)c2)c2c(N)noc12. The van der Waals surface area contributed by atoms with Crippen molar-refractivity contribution in [3.63, 3.8) is 0 Å². The number of nitrogens with one attached hydrogen (secondary N) is 3. The highest BCUT2D eigenvalue weighted by atomic mass is 19.1. The summed E-state index contributed by atoms with van der Waals surface area (Å²) in [7, 11) is 0. The first kappa shape index (κ1) is 20.9. The van der Waals surface area contributed by atoms with Crippen molar-refractivity contribution in [3.05, 3.63) is 83.2 Å². The predicted octanol–water partition coefficient (Wildman–Crippen LogP) is 4.43. The number of urea groups is 1. The quantitative estimate of drug-likeness (QED) is 0.371. The van der Waals surface area contributed by atoms with E-state index in [2.05, 4.69) is 21.1 Å². The van der Waals surface area contributed by atoms with Gasteiger partial charge in [-0.25, -0.2) is 9.18 Å². The molecule has 0 unspecified atom stereocenters. The van der Waals surface area contributed by atoms with Crippen molar-refractivity contribution in [3.8, 4) is 0 Å². The van der Waals surface area contributed by atoms with E-state index >= 15 is 0 Å². The summed E-state index contributed by atoms with van der Waals surface area (Å²) in [5.74, 6) is -0.653. The van der Waals surface area contributed by atoms with Gasteiger partial charge in [-0.05, 0) is 54.4 Å². The van der Waals surface area contributed by atoms with Crippen molar-refractivity contribution in [1.82, 2.24) is 10.5 Å². The molecule has 5 N–H and O–H groups in total. The first-order valence-corrected chi connectivity index (χ1v) is 9.76. The van der Waals surface area contributed by atoms with Crippen molar-refractivity contribution >= 4 is 40.1 Å². The zero-order chi connectivity index (χ0) is 22.7. The molecule has 0 fully saturated rings. The maximum Gasteiger partial charge on any atom is 0.319 e. The van der Waals surface area contributed by atoms with Crippen molar-refractivity contribution in [2.24, 2.45) is 0 Å². The molecule has 0 aliphatic rings. The van der Waals surface area contributed by atoms with E-state index in [9.17, 15) is 14.0 Å². The average Bonchev–Trinajstić information content (AvgIpc) is 3.15. The van der Waals surface area contributed by atoms with Crippen molar-refractivity contribution in [2.75, 3.05) is 16.4 Å². The van der Waals surface area contributed by atoms with Crippen LogP contribution in [0, 0.1) is 12.7 Å². The van der Waals surface area contributed by atoms with Gasteiger partial charge in [0.05, 0.1) is 10.9 Å². The van der Waals surface area contributed by atoms with Crippen LogP contribution in [0.25, 0.3) is 11.0 Å². The van der Waals surface area contributed by atoms with Crippen LogP contribution in [0.3, 0.4) is 0 Å². The summed E-state index contributed by atoms with van der Waals surface area (Å²) in [4.78, 5) is 24.9. The van der Waals surface area contributed by atoms with Gasteiger partial charge in [0, 0.05) is 17.9 Å². The molecule has 1 heterocycles. The Morgan fingerprint density at radius 1 is 1.03 bits per heavy atom. The summed E-state index contributed by atoms with van der Waals surface area (Å²) in [6.07, 6.45) is 0. The second kappa shape index (κ2) is 8.76. The number of nitrogens with two attached hydrogens (primary N) is 1. The summed E-state index contributed by atoms with van der Waals surface area (Å²) in [6, 6.07) is 15.6. The number of aryl methyl sites for hydroxylation is 1. The van der Waals surface area contributed by atoms with Crippen LogP contribution in [0.1, 0.15) is 21.5 Å². The normalized spacial score (nSPS) is 10.7. The number of benzene rings is 3. The van der Waals surface area contributed by atoms with Crippen LogP contribution >= 0.6 is 0 Å². The van der Waals surface area contributed by atoms with Gasteiger partial charge < -0.3 is 26.2 Å². The first-order valence-electron chi connectivity index (χ1n) is 9.76. The number of carbonyl (C=O) groups is 2. The molecule has 0 saturated carbocycles. The topological polar surface area (TPSA) is 122 Å². The van der Waals surface area contributed by atoms with E-state index in [1.54, 1.807) is 42.5 Å². The molecule has 0 aliphatic carbocycles. The maximum atomic E-state index is 13.2. The molecule has 0 spiro atoms. The summed E-state index contributed by atoms with van der Waals surface area (Å²) < 4.78 is 18.4. The van der Waals surface area contributed by atoms with Crippen LogP contribution in [0.15, 0.2) is 65.2 Å². The minimum atomic E-state index is -0.477. The van der Waals surface area contributed by atoms with E-state index in [4.69, 9.17) is 10.3 Å². The Bertz CT molecular complexity index is 1320. The fraction of sp³-hybridized carbons (Fsp3) is 0.0870. The van der Waals surface area contributed by atoms with Crippen LogP contribution in [-0.2, 0) is 6.54 Å². The highest BCUT2D eigenvalue weighted by Gasteiger charge is 2.18. The number of hydrogen-bond acceptors (Lipinski definition) is 5. The molecule has 0 radical (unpaired) electrons. The lowest BCUT2D eigenvalue weighted by Gasteiger charge is -2.10. The number of amides is 3. The minimum Gasteiger partial charge on any atom is -0.380 e. The van der Waals surface area contributed by atoms with Crippen molar-refractivity contribution in [1.29, 1.82) is 0 Å². The average molecular weight is 433 g/mol.